The van der Waals surface area contributed by atoms with Gasteiger partial charge in [-0.15, -0.1) is 0 Å². The predicted octanol–water partition coefficient (Wildman–Crippen LogP) is 1.73. The van der Waals surface area contributed by atoms with Crippen LogP contribution in [0.25, 0.3) is 0 Å². The molecule has 5 heteroatoms. The molecule has 1 aromatic rings. The fourth-order valence-electron chi connectivity index (χ4n) is 1.65. The Kier molecular flexibility index (Phi) is 4.18. The number of urea groups is 1. The van der Waals surface area contributed by atoms with Gasteiger partial charge in [0.1, 0.15) is 0 Å². The van der Waals surface area contributed by atoms with E-state index in [2.05, 4.69) is 10.6 Å². The van der Waals surface area contributed by atoms with E-state index in [0.717, 1.165) is 31.6 Å². The molecule has 2 rings (SSSR count). The maximum atomic E-state index is 11.5. The van der Waals surface area contributed by atoms with Crippen LogP contribution in [-0.2, 0) is 11.3 Å². The predicted molar refractivity (Wildman–Crippen MR) is 63.5 cm³/mol. The van der Waals surface area contributed by atoms with Crippen LogP contribution in [-0.4, -0.2) is 25.3 Å². The first kappa shape index (κ1) is 11.4. The molecular formula is C11H16N2O2S. The summed E-state index contributed by atoms with van der Waals surface area (Å²) in [4.78, 5) is 11.5. The first-order valence-electron chi connectivity index (χ1n) is 5.48. The van der Waals surface area contributed by atoms with Gasteiger partial charge in [0.05, 0.1) is 0 Å². The minimum absolute atomic E-state index is 0.0851. The summed E-state index contributed by atoms with van der Waals surface area (Å²) in [5, 5.41) is 9.85. The molecule has 2 heterocycles. The molecule has 0 bridgehead atoms. The summed E-state index contributed by atoms with van der Waals surface area (Å²) in [5.74, 6) is 0. The van der Waals surface area contributed by atoms with Crippen molar-refractivity contribution >= 4 is 17.4 Å². The largest absolute Gasteiger partial charge is 0.381 e. The maximum absolute atomic E-state index is 11.5. The quantitative estimate of drug-likeness (QED) is 0.845. The van der Waals surface area contributed by atoms with E-state index in [1.165, 1.54) is 0 Å². The Labute approximate surface area is 99.0 Å². The fourth-order valence-corrected chi connectivity index (χ4v) is 2.32. The minimum Gasteiger partial charge on any atom is -0.381 e. The zero-order valence-electron chi connectivity index (χ0n) is 9.07. The van der Waals surface area contributed by atoms with Gasteiger partial charge in [0.15, 0.2) is 0 Å². The molecule has 2 N–H and O–H groups in total. The molecule has 2 amide bonds. The number of ether oxygens (including phenoxy) is 1. The molecule has 1 saturated heterocycles. The van der Waals surface area contributed by atoms with Crippen LogP contribution in [0.15, 0.2) is 16.8 Å². The summed E-state index contributed by atoms with van der Waals surface area (Å²) in [6.45, 7) is 2.09. The minimum atomic E-state index is -0.0851. The van der Waals surface area contributed by atoms with Crippen LogP contribution in [0.1, 0.15) is 18.4 Å². The first-order valence-corrected chi connectivity index (χ1v) is 6.42. The molecule has 1 aromatic heterocycles. The van der Waals surface area contributed by atoms with Gasteiger partial charge in [0.2, 0.25) is 0 Å². The van der Waals surface area contributed by atoms with E-state index in [0.29, 0.717) is 6.54 Å². The Bertz CT molecular complexity index is 321. The number of hydrogen-bond donors (Lipinski definition) is 2. The Balaban J connectivity index is 1.67. The van der Waals surface area contributed by atoms with Gasteiger partial charge in [-0.25, -0.2) is 4.79 Å². The standard InChI is InChI=1S/C11H16N2O2S/c14-11(12-7-9-3-6-16-8-9)13-10-1-4-15-5-2-10/h3,6,8,10H,1-2,4-5,7H2,(H2,12,13,14). The highest BCUT2D eigenvalue weighted by atomic mass is 32.1. The second-order valence-electron chi connectivity index (χ2n) is 3.85. The zero-order valence-corrected chi connectivity index (χ0v) is 9.89. The molecule has 0 radical (unpaired) electrons. The van der Waals surface area contributed by atoms with Crippen molar-refractivity contribution in [3.8, 4) is 0 Å². The molecule has 16 heavy (non-hydrogen) atoms. The average molecular weight is 240 g/mol. The number of thiophene rings is 1. The molecule has 4 nitrogen and oxygen atoms in total. The lowest BCUT2D eigenvalue weighted by Crippen LogP contribution is -2.44. The monoisotopic (exact) mass is 240 g/mol. The lowest BCUT2D eigenvalue weighted by molar-refractivity contribution is 0.0801. The molecule has 0 atom stereocenters. The number of carbonyl (C=O) groups is 1. The Hall–Kier alpha value is -1.07. The first-order chi connectivity index (χ1) is 7.84. The van der Waals surface area contributed by atoms with Gasteiger partial charge in [-0.05, 0) is 35.2 Å². The van der Waals surface area contributed by atoms with Crippen LogP contribution in [0.3, 0.4) is 0 Å². The van der Waals surface area contributed by atoms with Crippen molar-refractivity contribution in [2.45, 2.75) is 25.4 Å². The molecule has 1 aliphatic heterocycles. The number of rotatable bonds is 3. The third-order valence-electron chi connectivity index (χ3n) is 2.59. The van der Waals surface area contributed by atoms with Crippen molar-refractivity contribution in [3.63, 3.8) is 0 Å². The Morgan fingerprint density at radius 3 is 3.00 bits per heavy atom. The topological polar surface area (TPSA) is 50.4 Å². The molecule has 1 aliphatic rings. The summed E-state index contributed by atoms with van der Waals surface area (Å²) in [5.41, 5.74) is 1.15. The van der Waals surface area contributed by atoms with Crippen molar-refractivity contribution in [2.75, 3.05) is 13.2 Å². The summed E-state index contributed by atoms with van der Waals surface area (Å²) in [6, 6.07) is 2.19. The van der Waals surface area contributed by atoms with Crippen molar-refractivity contribution < 1.29 is 9.53 Å². The Morgan fingerprint density at radius 2 is 2.31 bits per heavy atom. The summed E-state index contributed by atoms with van der Waals surface area (Å²) in [7, 11) is 0. The normalized spacial score (nSPS) is 17.0. The highest BCUT2D eigenvalue weighted by Gasteiger charge is 2.15. The second-order valence-corrected chi connectivity index (χ2v) is 4.63. The molecule has 1 fully saturated rings. The van der Waals surface area contributed by atoms with E-state index < -0.39 is 0 Å². The number of carbonyl (C=O) groups excluding carboxylic acids is 1. The number of nitrogens with one attached hydrogen (secondary N) is 2. The van der Waals surface area contributed by atoms with Crippen LogP contribution in [0.2, 0.25) is 0 Å². The number of hydrogen-bond acceptors (Lipinski definition) is 3. The third kappa shape index (κ3) is 3.50. The van der Waals surface area contributed by atoms with Crippen molar-refractivity contribution in [1.82, 2.24) is 10.6 Å². The zero-order chi connectivity index (χ0) is 11.2. The van der Waals surface area contributed by atoms with Crippen LogP contribution >= 0.6 is 11.3 Å². The smallest absolute Gasteiger partial charge is 0.315 e. The third-order valence-corrected chi connectivity index (χ3v) is 3.32. The van der Waals surface area contributed by atoms with E-state index in [1.807, 2.05) is 16.8 Å². The van der Waals surface area contributed by atoms with Gasteiger partial charge in [0, 0.05) is 25.8 Å². The van der Waals surface area contributed by atoms with Crippen LogP contribution in [0.4, 0.5) is 4.79 Å². The van der Waals surface area contributed by atoms with Crippen molar-refractivity contribution in [1.29, 1.82) is 0 Å². The van der Waals surface area contributed by atoms with E-state index in [1.54, 1.807) is 11.3 Å². The Morgan fingerprint density at radius 1 is 1.50 bits per heavy atom. The van der Waals surface area contributed by atoms with E-state index in [-0.39, 0.29) is 12.1 Å². The van der Waals surface area contributed by atoms with Crippen LogP contribution < -0.4 is 10.6 Å². The lowest BCUT2D eigenvalue weighted by atomic mass is 10.1. The van der Waals surface area contributed by atoms with Gasteiger partial charge >= 0.3 is 6.03 Å². The van der Waals surface area contributed by atoms with E-state index in [9.17, 15) is 4.79 Å². The van der Waals surface area contributed by atoms with Gasteiger partial charge in [0.25, 0.3) is 0 Å². The number of amides is 2. The fraction of sp³-hybridized carbons (Fsp3) is 0.545. The second kappa shape index (κ2) is 5.86. The van der Waals surface area contributed by atoms with Gasteiger partial charge in [-0.1, -0.05) is 0 Å². The van der Waals surface area contributed by atoms with Crippen LogP contribution in [0, 0.1) is 0 Å². The van der Waals surface area contributed by atoms with Crippen molar-refractivity contribution in [3.05, 3.63) is 22.4 Å². The molecule has 88 valence electrons. The van der Waals surface area contributed by atoms with Gasteiger partial charge < -0.3 is 15.4 Å². The SMILES string of the molecule is O=C(NCc1ccsc1)NC1CCOCC1. The maximum Gasteiger partial charge on any atom is 0.315 e. The molecule has 0 aliphatic carbocycles. The molecule has 0 spiro atoms. The van der Waals surface area contributed by atoms with E-state index in [4.69, 9.17) is 4.74 Å². The van der Waals surface area contributed by atoms with Gasteiger partial charge in [-0.3, -0.25) is 0 Å². The molecule has 0 saturated carbocycles. The summed E-state index contributed by atoms with van der Waals surface area (Å²) < 4.78 is 5.23. The van der Waals surface area contributed by atoms with Crippen LogP contribution in [0.5, 0.6) is 0 Å². The van der Waals surface area contributed by atoms with E-state index >= 15 is 0 Å². The van der Waals surface area contributed by atoms with Crippen molar-refractivity contribution in [2.24, 2.45) is 0 Å². The van der Waals surface area contributed by atoms with Gasteiger partial charge in [-0.2, -0.15) is 11.3 Å². The molecule has 0 aromatic carbocycles. The molecular weight excluding hydrogens is 224 g/mol. The lowest BCUT2D eigenvalue weighted by Gasteiger charge is -2.23. The molecule has 0 unspecified atom stereocenters. The highest BCUT2D eigenvalue weighted by Crippen LogP contribution is 2.07. The summed E-state index contributed by atoms with van der Waals surface area (Å²) >= 11 is 1.64. The summed E-state index contributed by atoms with van der Waals surface area (Å²) in [6.07, 6.45) is 1.82. The average Bonchev–Trinajstić information content (AvgIpc) is 2.81. The highest BCUT2D eigenvalue weighted by molar-refractivity contribution is 7.07.